The average molecular weight is 443 g/mol. The van der Waals surface area contributed by atoms with Crippen molar-refractivity contribution in [3.8, 4) is 5.75 Å². The highest BCUT2D eigenvalue weighted by Gasteiger charge is 2.44. The third-order valence-corrected chi connectivity index (χ3v) is 5.14. The molecule has 1 amide bonds. The summed E-state index contributed by atoms with van der Waals surface area (Å²) in [4.78, 5) is 36.1. The number of benzene rings is 1. The Morgan fingerprint density at radius 3 is 2.42 bits per heavy atom. The van der Waals surface area contributed by atoms with Crippen LogP contribution in [0.25, 0.3) is 0 Å². The van der Waals surface area contributed by atoms with Gasteiger partial charge in [-0.3, -0.25) is 9.59 Å². The Kier molecular flexibility index (Phi) is 7.35. The molecule has 1 aliphatic heterocycles. The van der Waals surface area contributed by atoms with E-state index in [0.717, 1.165) is 12.6 Å². The van der Waals surface area contributed by atoms with Crippen LogP contribution in [0.15, 0.2) is 11.6 Å². The molecule has 0 aromatic heterocycles. The van der Waals surface area contributed by atoms with E-state index in [1.807, 2.05) is 0 Å². The predicted molar refractivity (Wildman–Crippen MR) is 105 cm³/mol. The van der Waals surface area contributed by atoms with Crippen molar-refractivity contribution in [3.05, 3.63) is 33.9 Å². The first-order valence-electron chi connectivity index (χ1n) is 9.40. The van der Waals surface area contributed by atoms with E-state index in [1.54, 1.807) is 19.9 Å². The number of carbonyl (C=O) groups excluding carboxylic acids is 3. The number of cyclic esters (lactones) is 1. The van der Waals surface area contributed by atoms with Gasteiger partial charge in [0, 0.05) is 24.6 Å². The molecular weight excluding hydrogens is 419 g/mol. The standard InChI is InChI=1S/C21H24F3NO6/c1-11(7-9-15(26)29-4)6-8-13-17(25(3)20(28)21(22,23)24)16-14(10-31-19(16)27)12(2)18(13)30-5/h6H,7-10H2,1-5H3. The molecule has 0 radical (unpaired) electrons. The summed E-state index contributed by atoms with van der Waals surface area (Å²) in [5, 5.41) is 0. The lowest BCUT2D eigenvalue weighted by Crippen LogP contribution is -2.39. The lowest BCUT2D eigenvalue weighted by atomic mass is 9.92. The molecule has 0 spiro atoms. The van der Waals surface area contributed by atoms with Crippen LogP contribution in [-0.2, 0) is 32.1 Å². The number of anilines is 1. The summed E-state index contributed by atoms with van der Waals surface area (Å²) in [6.07, 6.45) is -2.82. The van der Waals surface area contributed by atoms with Gasteiger partial charge < -0.3 is 19.1 Å². The number of ether oxygens (including phenoxy) is 3. The van der Waals surface area contributed by atoms with Crippen molar-refractivity contribution < 1.29 is 41.8 Å². The summed E-state index contributed by atoms with van der Waals surface area (Å²) in [6, 6.07) is 0. The maximum Gasteiger partial charge on any atom is 0.471 e. The zero-order valence-corrected chi connectivity index (χ0v) is 17.9. The van der Waals surface area contributed by atoms with Crippen molar-refractivity contribution in [3.63, 3.8) is 0 Å². The lowest BCUT2D eigenvalue weighted by Gasteiger charge is -2.26. The third-order valence-electron chi connectivity index (χ3n) is 5.14. The van der Waals surface area contributed by atoms with Crippen molar-refractivity contribution in [2.24, 2.45) is 0 Å². The largest absolute Gasteiger partial charge is 0.496 e. The number of alkyl halides is 3. The van der Waals surface area contributed by atoms with Crippen LogP contribution in [0.4, 0.5) is 18.9 Å². The number of allylic oxidation sites excluding steroid dienone is 2. The number of hydrogen-bond acceptors (Lipinski definition) is 6. The Bertz CT molecular complexity index is 936. The zero-order chi connectivity index (χ0) is 23.5. The smallest absolute Gasteiger partial charge is 0.471 e. The van der Waals surface area contributed by atoms with Crippen molar-refractivity contribution in [2.45, 2.75) is 45.9 Å². The van der Waals surface area contributed by atoms with Gasteiger partial charge in [-0.15, -0.1) is 0 Å². The minimum atomic E-state index is -5.13. The predicted octanol–water partition coefficient (Wildman–Crippen LogP) is 3.64. The van der Waals surface area contributed by atoms with Crippen LogP contribution in [-0.4, -0.2) is 45.3 Å². The second-order valence-corrected chi connectivity index (χ2v) is 7.11. The van der Waals surface area contributed by atoms with Crippen LogP contribution in [0.2, 0.25) is 0 Å². The normalized spacial score (nSPS) is 13.5. The van der Waals surface area contributed by atoms with E-state index in [0.29, 0.717) is 22.4 Å². The van der Waals surface area contributed by atoms with Crippen molar-refractivity contribution in [1.82, 2.24) is 0 Å². The Morgan fingerprint density at radius 2 is 1.87 bits per heavy atom. The summed E-state index contributed by atoms with van der Waals surface area (Å²) < 4.78 is 54.6. The summed E-state index contributed by atoms with van der Waals surface area (Å²) in [6.45, 7) is 3.31. The molecule has 0 aliphatic carbocycles. The van der Waals surface area contributed by atoms with E-state index in [1.165, 1.54) is 14.2 Å². The van der Waals surface area contributed by atoms with E-state index >= 15 is 0 Å². The molecular formula is C21H24F3NO6. The molecule has 1 aromatic rings. The molecule has 10 heteroatoms. The summed E-state index contributed by atoms with van der Waals surface area (Å²) in [5.74, 6) is -3.04. The average Bonchev–Trinajstić information content (AvgIpc) is 3.10. The van der Waals surface area contributed by atoms with Crippen LogP contribution >= 0.6 is 0 Å². The number of rotatable bonds is 7. The number of methoxy groups -OCH3 is 2. The van der Waals surface area contributed by atoms with Gasteiger partial charge in [-0.2, -0.15) is 13.2 Å². The molecule has 2 rings (SSSR count). The fourth-order valence-electron chi connectivity index (χ4n) is 3.47. The van der Waals surface area contributed by atoms with Gasteiger partial charge in [-0.1, -0.05) is 11.6 Å². The fraction of sp³-hybridized carbons (Fsp3) is 0.476. The SMILES string of the molecule is COC(=O)CCC(C)=CCc1c(OC)c(C)c2c(c1N(C)C(=O)C(F)(F)F)C(=O)OC2. The number of fused-ring (bicyclic) bond motifs is 1. The summed E-state index contributed by atoms with van der Waals surface area (Å²) in [5.41, 5.74) is 1.69. The van der Waals surface area contributed by atoms with E-state index in [-0.39, 0.29) is 42.0 Å². The first kappa shape index (κ1) is 24.2. The Hall–Kier alpha value is -3.04. The molecule has 170 valence electrons. The van der Waals surface area contributed by atoms with Crippen molar-refractivity contribution in [1.29, 1.82) is 0 Å². The lowest BCUT2D eigenvalue weighted by molar-refractivity contribution is -0.170. The van der Waals surface area contributed by atoms with Crippen LogP contribution in [0, 0.1) is 6.92 Å². The maximum atomic E-state index is 13.2. The molecule has 1 heterocycles. The van der Waals surface area contributed by atoms with Crippen LogP contribution < -0.4 is 9.64 Å². The number of amides is 1. The minimum absolute atomic E-state index is 0.0718. The van der Waals surface area contributed by atoms with E-state index in [2.05, 4.69) is 4.74 Å². The summed E-state index contributed by atoms with van der Waals surface area (Å²) >= 11 is 0. The van der Waals surface area contributed by atoms with Crippen LogP contribution in [0.1, 0.15) is 46.8 Å². The molecule has 1 aliphatic rings. The highest BCUT2D eigenvalue weighted by atomic mass is 19.4. The van der Waals surface area contributed by atoms with Gasteiger partial charge in [0.25, 0.3) is 0 Å². The molecule has 0 saturated heterocycles. The Balaban J connectivity index is 2.61. The number of carbonyl (C=O) groups is 3. The van der Waals surface area contributed by atoms with Crippen molar-refractivity contribution >= 4 is 23.5 Å². The fourth-order valence-corrected chi connectivity index (χ4v) is 3.47. The van der Waals surface area contributed by atoms with Gasteiger partial charge in [-0.05, 0) is 32.3 Å². The molecule has 31 heavy (non-hydrogen) atoms. The molecule has 0 bridgehead atoms. The molecule has 7 nitrogen and oxygen atoms in total. The maximum absolute atomic E-state index is 13.2. The Morgan fingerprint density at radius 1 is 1.23 bits per heavy atom. The number of halogens is 3. The minimum Gasteiger partial charge on any atom is -0.496 e. The topological polar surface area (TPSA) is 82.1 Å². The van der Waals surface area contributed by atoms with E-state index in [4.69, 9.17) is 9.47 Å². The third kappa shape index (κ3) is 5.00. The number of hydrogen-bond donors (Lipinski definition) is 0. The first-order valence-corrected chi connectivity index (χ1v) is 9.40. The summed E-state index contributed by atoms with van der Waals surface area (Å²) in [7, 11) is 3.60. The van der Waals surface area contributed by atoms with Crippen molar-refractivity contribution in [2.75, 3.05) is 26.2 Å². The number of esters is 2. The van der Waals surface area contributed by atoms with E-state index in [9.17, 15) is 27.6 Å². The number of nitrogens with zero attached hydrogens (tertiary/aromatic N) is 1. The zero-order valence-electron chi connectivity index (χ0n) is 17.9. The molecule has 0 fully saturated rings. The van der Waals surface area contributed by atoms with E-state index < -0.39 is 24.0 Å². The van der Waals surface area contributed by atoms with Gasteiger partial charge >= 0.3 is 24.0 Å². The van der Waals surface area contributed by atoms with Gasteiger partial charge in [-0.25, -0.2) is 4.79 Å². The molecule has 0 atom stereocenters. The molecule has 1 aromatic carbocycles. The first-order chi connectivity index (χ1) is 14.4. The van der Waals surface area contributed by atoms with Gasteiger partial charge in [0.15, 0.2) is 0 Å². The van der Waals surface area contributed by atoms with Gasteiger partial charge in [0.2, 0.25) is 0 Å². The highest BCUT2D eigenvalue weighted by molar-refractivity contribution is 6.07. The van der Waals surface area contributed by atoms with Gasteiger partial charge in [0.05, 0.1) is 25.5 Å². The van der Waals surface area contributed by atoms with Crippen LogP contribution in [0.5, 0.6) is 5.75 Å². The second kappa shape index (κ2) is 9.40. The van der Waals surface area contributed by atoms with Gasteiger partial charge in [0.1, 0.15) is 12.4 Å². The monoisotopic (exact) mass is 443 g/mol. The highest BCUT2D eigenvalue weighted by Crippen LogP contribution is 2.43. The molecule has 0 unspecified atom stereocenters. The second-order valence-electron chi connectivity index (χ2n) is 7.11. The molecule has 0 N–H and O–H groups in total. The van der Waals surface area contributed by atoms with Crippen LogP contribution in [0.3, 0.4) is 0 Å². The molecule has 0 saturated carbocycles. The Labute approximate surface area is 177 Å². The quantitative estimate of drug-likeness (QED) is 0.473.